The van der Waals surface area contributed by atoms with Gasteiger partial charge in [0.05, 0.1) is 0 Å². The zero-order valence-electron chi connectivity index (χ0n) is 17.8. The Morgan fingerprint density at radius 1 is 1.17 bits per heavy atom. The minimum atomic E-state index is -0.778. The molecule has 4 rings (SSSR count). The molecule has 8 heteroatoms. The number of oxazole rings is 1. The van der Waals surface area contributed by atoms with Gasteiger partial charge >= 0.3 is 35.7 Å². The zero-order valence-corrected chi connectivity index (χ0v) is 19.8. The number of imide groups is 1. The summed E-state index contributed by atoms with van der Waals surface area (Å²) in [5.41, 5.74) is 1.17. The van der Waals surface area contributed by atoms with E-state index < -0.39 is 23.7 Å². The number of aryl methyl sites for hydroxylation is 1. The van der Waals surface area contributed by atoms with E-state index in [1.54, 1.807) is 0 Å². The third-order valence-electron chi connectivity index (χ3n) is 6.04. The van der Waals surface area contributed by atoms with E-state index in [4.69, 9.17) is 13.9 Å². The van der Waals surface area contributed by atoms with Crippen molar-refractivity contribution >= 4 is 12.0 Å². The summed E-state index contributed by atoms with van der Waals surface area (Å²) in [5, 5.41) is 2.15. The molecule has 2 aromatic rings. The Morgan fingerprint density at radius 2 is 1.87 bits per heavy atom. The van der Waals surface area contributed by atoms with Crippen LogP contribution in [-0.4, -0.2) is 23.1 Å². The number of rotatable bonds is 6. The normalized spacial score (nSPS) is 21.3. The van der Waals surface area contributed by atoms with Crippen LogP contribution in [0.25, 0.3) is 0 Å². The average molecular weight is 421 g/mol. The minimum Gasteiger partial charge on any atom is -0.481 e. The summed E-state index contributed by atoms with van der Waals surface area (Å²) in [6.45, 7) is 4.02. The zero-order chi connectivity index (χ0) is 20.4. The summed E-state index contributed by atoms with van der Waals surface area (Å²) in [7, 11) is 0. The number of carbonyl (C=O) groups excluding carboxylic acids is 2. The second kappa shape index (κ2) is 9.54. The number of carbonyl (C=O) groups is 2. The van der Waals surface area contributed by atoms with E-state index in [9.17, 15) is 9.59 Å². The molecule has 7 nitrogen and oxygen atoms in total. The van der Waals surface area contributed by atoms with Crippen molar-refractivity contribution in [3.05, 3.63) is 47.7 Å². The van der Waals surface area contributed by atoms with Gasteiger partial charge in [0.25, 0.3) is 5.91 Å². The minimum absolute atomic E-state index is 0. The molecule has 1 N–H and O–H groups in total. The maximum atomic E-state index is 11.7. The molecule has 2 heterocycles. The van der Waals surface area contributed by atoms with Gasteiger partial charge in [-0.15, -0.1) is 0 Å². The van der Waals surface area contributed by atoms with Gasteiger partial charge < -0.3 is 13.9 Å². The van der Waals surface area contributed by atoms with Crippen LogP contribution in [0.5, 0.6) is 5.75 Å². The number of benzene rings is 1. The summed E-state index contributed by atoms with van der Waals surface area (Å²) >= 11 is 0. The fraction of sp³-hybridized carbons (Fsp3) is 0.500. The van der Waals surface area contributed by atoms with E-state index in [1.807, 2.05) is 31.2 Å². The van der Waals surface area contributed by atoms with Crippen LogP contribution < -0.4 is 39.6 Å². The average Bonchev–Trinajstić information content (AvgIpc) is 3.29. The number of hydrogen-bond acceptors (Lipinski definition) is 6. The van der Waals surface area contributed by atoms with Crippen molar-refractivity contribution in [3.8, 4) is 5.75 Å². The van der Waals surface area contributed by atoms with Crippen LogP contribution in [0.4, 0.5) is 4.79 Å². The summed E-state index contributed by atoms with van der Waals surface area (Å²) in [4.78, 5) is 27.3. The molecule has 2 fully saturated rings. The van der Waals surface area contributed by atoms with Crippen LogP contribution in [0.15, 0.2) is 35.1 Å². The van der Waals surface area contributed by atoms with Crippen molar-refractivity contribution in [2.45, 2.75) is 64.1 Å². The second-order valence-electron chi connectivity index (χ2n) is 8.03. The Bertz CT molecular complexity index is 891. The van der Waals surface area contributed by atoms with Crippen molar-refractivity contribution < 1.29 is 53.0 Å². The van der Waals surface area contributed by atoms with Gasteiger partial charge in [-0.05, 0) is 44.4 Å². The summed E-state index contributed by atoms with van der Waals surface area (Å²) in [6.07, 6.45) is 6.20. The smallest absolute Gasteiger partial charge is 0.481 e. The van der Waals surface area contributed by atoms with Gasteiger partial charge in [0.15, 0.2) is 18.1 Å². The number of aromatic nitrogens is 1. The molecule has 0 spiro atoms. The number of ether oxygens (including phenoxy) is 2. The molecule has 154 valence electrons. The van der Waals surface area contributed by atoms with Gasteiger partial charge in [-0.2, -0.15) is 0 Å². The summed E-state index contributed by atoms with van der Waals surface area (Å²) in [5.74, 6) is 1.48. The van der Waals surface area contributed by atoms with Crippen molar-refractivity contribution in [2.75, 3.05) is 0 Å². The first-order valence-corrected chi connectivity index (χ1v) is 10.2. The number of amides is 2. The molecular formula is C22H26N2NaO5+. The standard InChI is InChI=1S/C22H26N2O5.Na/c1-14-19(23-13-27-14)22(2,16-6-4-3-5-7-16)29-17-10-8-15(9-11-17)12-18-20(25)24-21(26)28-18;/h8-11,13,16,18H,3-7,12H2,1-2H3,(H,24,25,26);/q;+1. The SMILES string of the molecule is Cc1ocnc1C(C)(Oc1ccc(CC2OC(=O)NC2=O)cc1)C1CCCCC1.[Na+]. The molecular weight excluding hydrogens is 395 g/mol. The van der Waals surface area contributed by atoms with E-state index in [0.29, 0.717) is 12.3 Å². The fourth-order valence-electron chi connectivity index (χ4n) is 4.44. The number of alkyl carbamates (subject to hydrolysis) is 1. The summed E-state index contributed by atoms with van der Waals surface area (Å²) in [6, 6.07) is 7.57. The van der Waals surface area contributed by atoms with E-state index >= 15 is 0 Å². The largest absolute Gasteiger partial charge is 1.00 e. The van der Waals surface area contributed by atoms with Gasteiger partial charge in [0, 0.05) is 12.3 Å². The van der Waals surface area contributed by atoms with Crippen LogP contribution >= 0.6 is 0 Å². The first kappa shape index (κ1) is 22.8. The molecule has 30 heavy (non-hydrogen) atoms. The quantitative estimate of drug-likeness (QED) is 0.701. The van der Waals surface area contributed by atoms with E-state index in [0.717, 1.165) is 35.6 Å². The van der Waals surface area contributed by atoms with Crippen molar-refractivity contribution in [1.29, 1.82) is 0 Å². The molecule has 2 unspecified atom stereocenters. The maximum absolute atomic E-state index is 11.7. The number of hydrogen-bond donors (Lipinski definition) is 1. The van der Waals surface area contributed by atoms with E-state index in [1.165, 1.54) is 25.7 Å². The molecule has 2 aliphatic rings. The monoisotopic (exact) mass is 421 g/mol. The van der Waals surface area contributed by atoms with Crippen LogP contribution in [-0.2, 0) is 21.6 Å². The second-order valence-corrected chi connectivity index (χ2v) is 8.03. The van der Waals surface area contributed by atoms with Crippen LogP contribution in [0.3, 0.4) is 0 Å². The summed E-state index contributed by atoms with van der Waals surface area (Å²) < 4.78 is 17.0. The number of cyclic esters (lactones) is 1. The molecule has 2 atom stereocenters. The Kier molecular flexibility index (Phi) is 7.26. The molecule has 1 aromatic heterocycles. The molecule has 1 saturated carbocycles. The van der Waals surface area contributed by atoms with Crippen molar-refractivity contribution in [2.24, 2.45) is 5.92 Å². The molecule has 0 radical (unpaired) electrons. The molecule has 2 amide bonds. The predicted octanol–water partition coefficient (Wildman–Crippen LogP) is 1.04. The van der Waals surface area contributed by atoms with Crippen molar-refractivity contribution in [3.63, 3.8) is 0 Å². The first-order valence-electron chi connectivity index (χ1n) is 10.2. The van der Waals surface area contributed by atoms with Gasteiger partial charge in [-0.1, -0.05) is 31.4 Å². The number of nitrogens with zero attached hydrogens (tertiary/aromatic N) is 1. The Labute approximate surface area is 198 Å². The van der Waals surface area contributed by atoms with Crippen LogP contribution in [0, 0.1) is 12.8 Å². The molecule has 1 aromatic carbocycles. The topological polar surface area (TPSA) is 90.7 Å². The van der Waals surface area contributed by atoms with Crippen molar-refractivity contribution in [1.82, 2.24) is 10.3 Å². The Hall–Kier alpha value is -1.83. The van der Waals surface area contributed by atoms with Gasteiger partial charge in [0.2, 0.25) is 0 Å². The van der Waals surface area contributed by atoms with Gasteiger partial charge in [0.1, 0.15) is 17.2 Å². The van der Waals surface area contributed by atoms with E-state index in [2.05, 4.69) is 17.2 Å². The van der Waals surface area contributed by atoms with Gasteiger partial charge in [-0.3, -0.25) is 10.1 Å². The Morgan fingerprint density at radius 3 is 2.43 bits per heavy atom. The third-order valence-corrected chi connectivity index (χ3v) is 6.04. The third kappa shape index (κ3) is 4.74. The Balaban J connectivity index is 0.00000256. The molecule has 0 bridgehead atoms. The van der Waals surface area contributed by atoms with Crippen LogP contribution in [0.2, 0.25) is 0 Å². The number of nitrogens with one attached hydrogen (secondary N) is 1. The molecule has 1 saturated heterocycles. The fourth-order valence-corrected chi connectivity index (χ4v) is 4.44. The molecule has 1 aliphatic carbocycles. The first-order chi connectivity index (χ1) is 14.0. The van der Waals surface area contributed by atoms with E-state index in [-0.39, 0.29) is 29.6 Å². The van der Waals surface area contributed by atoms with Crippen LogP contribution in [0.1, 0.15) is 56.0 Å². The maximum Gasteiger partial charge on any atom is 1.00 e. The van der Waals surface area contributed by atoms with Gasteiger partial charge in [-0.25, -0.2) is 9.78 Å². The molecule has 1 aliphatic heterocycles. The predicted molar refractivity (Wildman–Crippen MR) is 104 cm³/mol.